The van der Waals surface area contributed by atoms with Gasteiger partial charge in [0.25, 0.3) is 0 Å². The summed E-state index contributed by atoms with van der Waals surface area (Å²) in [5.41, 5.74) is 6.20. The molecule has 0 bridgehead atoms. The number of H-pyrrole nitrogens is 1. The lowest BCUT2D eigenvalue weighted by molar-refractivity contribution is 0.235. The van der Waals surface area contributed by atoms with Crippen LogP contribution in [0.4, 0.5) is 4.39 Å². The molecule has 0 amide bonds. The molecule has 3 heteroatoms. The molecule has 3 aromatic rings. The first kappa shape index (κ1) is 11.9. The number of alkyl halides is 1. The lowest BCUT2D eigenvalue weighted by Crippen LogP contribution is -2.31. The van der Waals surface area contributed by atoms with Crippen LogP contribution < -0.4 is 5.73 Å². The lowest BCUT2D eigenvalue weighted by Gasteiger charge is -2.25. The predicted octanol–water partition coefficient (Wildman–Crippen LogP) is 3.34. The first-order chi connectivity index (χ1) is 9.25. The van der Waals surface area contributed by atoms with Gasteiger partial charge in [0.15, 0.2) is 5.67 Å². The molecule has 1 aromatic heterocycles. The molecule has 0 aliphatic heterocycles. The minimum atomic E-state index is -1.66. The van der Waals surface area contributed by atoms with Crippen LogP contribution in [0.1, 0.15) is 11.1 Å². The van der Waals surface area contributed by atoms with E-state index in [9.17, 15) is 0 Å². The maximum absolute atomic E-state index is 15.5. The van der Waals surface area contributed by atoms with Crippen molar-refractivity contribution in [2.24, 2.45) is 5.73 Å². The number of rotatable bonds is 3. The molecule has 2 aromatic carbocycles. The van der Waals surface area contributed by atoms with Crippen LogP contribution in [0.3, 0.4) is 0 Å². The van der Waals surface area contributed by atoms with Gasteiger partial charge >= 0.3 is 0 Å². The number of aromatic nitrogens is 1. The molecular formula is C16H15FN2. The van der Waals surface area contributed by atoms with Crippen molar-refractivity contribution in [3.8, 4) is 0 Å². The molecule has 0 saturated heterocycles. The van der Waals surface area contributed by atoms with Crippen molar-refractivity contribution >= 4 is 10.9 Å². The fourth-order valence-corrected chi connectivity index (χ4v) is 2.52. The molecule has 1 atom stereocenters. The van der Waals surface area contributed by atoms with Crippen molar-refractivity contribution in [3.63, 3.8) is 0 Å². The smallest absolute Gasteiger partial charge is 0.173 e. The third-order valence-electron chi connectivity index (χ3n) is 3.53. The van der Waals surface area contributed by atoms with Crippen LogP contribution in [0.25, 0.3) is 10.9 Å². The second-order valence-electron chi connectivity index (χ2n) is 4.62. The van der Waals surface area contributed by atoms with Crippen molar-refractivity contribution < 1.29 is 4.39 Å². The largest absolute Gasteiger partial charge is 0.361 e. The van der Waals surface area contributed by atoms with Gasteiger partial charge in [0.05, 0.1) is 0 Å². The Labute approximate surface area is 111 Å². The van der Waals surface area contributed by atoms with Gasteiger partial charge in [-0.3, -0.25) is 0 Å². The Bertz CT molecular complexity index is 690. The minimum Gasteiger partial charge on any atom is -0.361 e. The second-order valence-corrected chi connectivity index (χ2v) is 4.62. The standard InChI is InChI=1S/C16H15FN2/c17-16(11-18,12-5-2-1-3-6-12)14-7-4-8-15-13(14)9-10-19-15/h1-10,19H,11,18H2. The molecule has 19 heavy (non-hydrogen) atoms. The number of nitrogens with two attached hydrogens (primary N) is 1. The highest BCUT2D eigenvalue weighted by Crippen LogP contribution is 2.36. The third kappa shape index (κ3) is 1.83. The zero-order valence-electron chi connectivity index (χ0n) is 10.4. The highest BCUT2D eigenvalue weighted by Gasteiger charge is 2.34. The van der Waals surface area contributed by atoms with E-state index in [1.807, 2.05) is 42.6 Å². The van der Waals surface area contributed by atoms with Gasteiger partial charge in [-0.05, 0) is 17.7 Å². The van der Waals surface area contributed by atoms with Gasteiger partial charge in [-0.2, -0.15) is 0 Å². The average molecular weight is 254 g/mol. The van der Waals surface area contributed by atoms with E-state index < -0.39 is 5.67 Å². The first-order valence-electron chi connectivity index (χ1n) is 6.27. The van der Waals surface area contributed by atoms with E-state index in [4.69, 9.17) is 5.73 Å². The van der Waals surface area contributed by atoms with E-state index >= 15 is 4.39 Å². The molecule has 0 fully saturated rings. The predicted molar refractivity (Wildman–Crippen MR) is 75.7 cm³/mol. The summed E-state index contributed by atoms with van der Waals surface area (Å²) >= 11 is 0. The zero-order valence-corrected chi connectivity index (χ0v) is 10.4. The molecule has 0 spiro atoms. The van der Waals surface area contributed by atoms with Gasteiger partial charge in [0.1, 0.15) is 0 Å². The molecular weight excluding hydrogens is 239 g/mol. The van der Waals surface area contributed by atoms with Crippen LogP contribution in [0.15, 0.2) is 60.8 Å². The molecule has 2 nitrogen and oxygen atoms in total. The summed E-state index contributed by atoms with van der Waals surface area (Å²) < 4.78 is 15.5. The summed E-state index contributed by atoms with van der Waals surface area (Å²) in [6.07, 6.45) is 1.82. The van der Waals surface area contributed by atoms with Crippen molar-refractivity contribution in [2.75, 3.05) is 6.54 Å². The number of hydrogen-bond acceptors (Lipinski definition) is 1. The van der Waals surface area contributed by atoms with Crippen LogP contribution in [0.5, 0.6) is 0 Å². The van der Waals surface area contributed by atoms with E-state index in [0.717, 1.165) is 10.9 Å². The number of hydrogen-bond donors (Lipinski definition) is 2. The van der Waals surface area contributed by atoms with Crippen LogP contribution in [0.2, 0.25) is 0 Å². The summed E-state index contributed by atoms with van der Waals surface area (Å²) in [7, 11) is 0. The van der Waals surface area contributed by atoms with Crippen molar-refractivity contribution in [2.45, 2.75) is 5.67 Å². The number of benzene rings is 2. The van der Waals surface area contributed by atoms with Crippen LogP contribution in [-0.2, 0) is 5.67 Å². The minimum absolute atomic E-state index is 0.0820. The summed E-state index contributed by atoms with van der Waals surface area (Å²) in [6, 6.07) is 16.6. The fraction of sp³-hybridized carbons (Fsp3) is 0.125. The van der Waals surface area contributed by atoms with Gasteiger partial charge in [0, 0.05) is 29.2 Å². The Kier molecular flexibility index (Phi) is 2.84. The third-order valence-corrected chi connectivity index (χ3v) is 3.53. The van der Waals surface area contributed by atoms with Crippen LogP contribution >= 0.6 is 0 Å². The molecule has 3 N–H and O–H groups in total. The molecule has 0 radical (unpaired) electrons. The number of fused-ring (bicyclic) bond motifs is 1. The van der Waals surface area contributed by atoms with E-state index in [0.29, 0.717) is 11.1 Å². The summed E-state index contributed by atoms with van der Waals surface area (Å²) in [5.74, 6) is 0. The molecule has 96 valence electrons. The Morgan fingerprint density at radius 3 is 2.53 bits per heavy atom. The molecule has 0 aliphatic carbocycles. The number of aromatic amines is 1. The van der Waals surface area contributed by atoms with Gasteiger partial charge in [-0.25, -0.2) is 4.39 Å². The topological polar surface area (TPSA) is 41.8 Å². The van der Waals surface area contributed by atoms with Crippen molar-refractivity contribution in [1.29, 1.82) is 0 Å². The Morgan fingerprint density at radius 1 is 1.00 bits per heavy atom. The fourth-order valence-electron chi connectivity index (χ4n) is 2.52. The van der Waals surface area contributed by atoms with E-state index in [1.165, 1.54) is 0 Å². The molecule has 3 rings (SSSR count). The zero-order chi connectivity index (χ0) is 13.3. The van der Waals surface area contributed by atoms with E-state index in [1.54, 1.807) is 18.2 Å². The highest BCUT2D eigenvalue weighted by atomic mass is 19.1. The van der Waals surface area contributed by atoms with Crippen molar-refractivity contribution in [1.82, 2.24) is 4.98 Å². The summed E-state index contributed by atoms with van der Waals surface area (Å²) in [4.78, 5) is 3.10. The second kappa shape index (κ2) is 4.52. The maximum atomic E-state index is 15.5. The lowest BCUT2D eigenvalue weighted by atomic mass is 9.86. The average Bonchev–Trinajstić information content (AvgIpc) is 2.95. The number of nitrogens with one attached hydrogen (secondary N) is 1. The monoisotopic (exact) mass is 254 g/mol. The van der Waals surface area contributed by atoms with E-state index in [2.05, 4.69) is 4.98 Å². The van der Waals surface area contributed by atoms with Crippen LogP contribution in [0, 0.1) is 0 Å². The first-order valence-corrected chi connectivity index (χ1v) is 6.27. The summed E-state index contributed by atoms with van der Waals surface area (Å²) in [5, 5.41) is 0.874. The number of halogens is 1. The highest BCUT2D eigenvalue weighted by molar-refractivity contribution is 5.84. The molecule has 0 aliphatic rings. The van der Waals surface area contributed by atoms with Gasteiger partial charge in [-0.1, -0.05) is 42.5 Å². The quantitative estimate of drug-likeness (QED) is 0.739. The Hall–Kier alpha value is -2.13. The van der Waals surface area contributed by atoms with E-state index in [-0.39, 0.29) is 6.54 Å². The maximum Gasteiger partial charge on any atom is 0.173 e. The Balaban J connectivity index is 2.25. The molecule has 0 saturated carbocycles. The SMILES string of the molecule is NCC(F)(c1ccccc1)c1cccc2[nH]ccc12. The van der Waals surface area contributed by atoms with Gasteiger partial charge in [0.2, 0.25) is 0 Å². The molecule has 1 heterocycles. The van der Waals surface area contributed by atoms with Gasteiger partial charge in [-0.15, -0.1) is 0 Å². The van der Waals surface area contributed by atoms with Crippen LogP contribution in [-0.4, -0.2) is 11.5 Å². The molecule has 1 unspecified atom stereocenters. The van der Waals surface area contributed by atoms with Gasteiger partial charge < -0.3 is 10.7 Å². The van der Waals surface area contributed by atoms with Crippen molar-refractivity contribution in [3.05, 3.63) is 71.9 Å². The Morgan fingerprint density at radius 2 is 1.79 bits per heavy atom. The normalized spacial score (nSPS) is 14.4. The summed E-state index contributed by atoms with van der Waals surface area (Å²) in [6.45, 7) is -0.0820.